The maximum absolute atomic E-state index is 12.5. The molecule has 0 bridgehead atoms. The van der Waals surface area contributed by atoms with Crippen LogP contribution in [0, 0.1) is 5.92 Å². The molecule has 6 nitrogen and oxygen atoms in total. The Kier molecular flexibility index (Phi) is 8.03. The van der Waals surface area contributed by atoms with Crippen LogP contribution >= 0.6 is 0 Å². The molecule has 2 N–H and O–H groups in total. The first-order valence-corrected chi connectivity index (χ1v) is 10.2. The topological polar surface area (TPSA) is 86.7 Å². The van der Waals surface area contributed by atoms with Crippen LogP contribution in [0.5, 0.6) is 0 Å². The molecule has 0 radical (unpaired) electrons. The summed E-state index contributed by atoms with van der Waals surface area (Å²) in [6.07, 6.45) is 2.84. The highest BCUT2D eigenvalue weighted by atomic mass is 16.4. The van der Waals surface area contributed by atoms with E-state index in [1.807, 2.05) is 26.0 Å². The summed E-state index contributed by atoms with van der Waals surface area (Å²) in [4.78, 5) is 37.7. The molecule has 1 aliphatic heterocycles. The molecule has 0 unspecified atom stereocenters. The smallest absolute Gasteiger partial charge is 0.305 e. The predicted molar refractivity (Wildman–Crippen MR) is 108 cm³/mol. The van der Waals surface area contributed by atoms with Crippen LogP contribution in [-0.4, -0.2) is 39.9 Å². The molecule has 0 saturated carbocycles. The van der Waals surface area contributed by atoms with E-state index in [-0.39, 0.29) is 36.7 Å². The van der Waals surface area contributed by atoms with Crippen molar-refractivity contribution in [3.05, 3.63) is 35.4 Å². The highest BCUT2D eigenvalue weighted by Gasteiger charge is 2.32. The lowest BCUT2D eigenvalue weighted by atomic mass is 10.0. The van der Waals surface area contributed by atoms with Gasteiger partial charge in [0.2, 0.25) is 11.8 Å². The van der Waals surface area contributed by atoms with Crippen molar-refractivity contribution in [2.75, 3.05) is 0 Å². The third kappa shape index (κ3) is 6.66. The number of nitrogens with one attached hydrogen (secondary N) is 1. The van der Waals surface area contributed by atoms with Gasteiger partial charge in [-0.25, -0.2) is 0 Å². The van der Waals surface area contributed by atoms with E-state index < -0.39 is 5.97 Å². The van der Waals surface area contributed by atoms with Gasteiger partial charge in [-0.3, -0.25) is 14.4 Å². The van der Waals surface area contributed by atoms with Gasteiger partial charge in [0.25, 0.3) is 0 Å². The molecule has 1 fully saturated rings. The lowest BCUT2D eigenvalue weighted by Gasteiger charge is -2.26. The van der Waals surface area contributed by atoms with Crippen molar-refractivity contribution in [3.8, 4) is 0 Å². The zero-order valence-electron chi connectivity index (χ0n) is 17.1. The summed E-state index contributed by atoms with van der Waals surface area (Å²) in [6.45, 7) is 6.61. The van der Waals surface area contributed by atoms with Gasteiger partial charge < -0.3 is 15.3 Å². The Bertz CT molecular complexity index is 684. The molecule has 0 aliphatic carbocycles. The van der Waals surface area contributed by atoms with Crippen molar-refractivity contribution in [1.29, 1.82) is 0 Å². The summed E-state index contributed by atoms with van der Waals surface area (Å²) in [5, 5.41) is 11.9. The number of rotatable bonds is 10. The Morgan fingerprint density at radius 3 is 2.43 bits per heavy atom. The zero-order chi connectivity index (χ0) is 20.7. The average molecular weight is 389 g/mol. The van der Waals surface area contributed by atoms with E-state index in [4.69, 9.17) is 5.11 Å². The maximum Gasteiger partial charge on any atom is 0.305 e. The molecule has 28 heavy (non-hydrogen) atoms. The van der Waals surface area contributed by atoms with Gasteiger partial charge in [-0.1, -0.05) is 45.0 Å². The molecule has 1 saturated heterocycles. The molecular formula is C22H32N2O4. The van der Waals surface area contributed by atoms with Crippen molar-refractivity contribution in [2.24, 2.45) is 5.92 Å². The number of benzene rings is 1. The van der Waals surface area contributed by atoms with Crippen molar-refractivity contribution in [3.63, 3.8) is 0 Å². The fraction of sp³-hybridized carbons (Fsp3) is 0.591. The molecular weight excluding hydrogens is 356 g/mol. The van der Waals surface area contributed by atoms with Gasteiger partial charge in [0.15, 0.2) is 0 Å². The summed E-state index contributed by atoms with van der Waals surface area (Å²) in [6, 6.07) is 7.69. The van der Waals surface area contributed by atoms with Crippen LogP contribution in [0.3, 0.4) is 0 Å². The molecule has 2 amide bonds. The van der Waals surface area contributed by atoms with Gasteiger partial charge in [-0.15, -0.1) is 0 Å². The second-order valence-corrected chi connectivity index (χ2v) is 8.08. The van der Waals surface area contributed by atoms with E-state index >= 15 is 0 Å². The molecule has 154 valence electrons. The molecule has 6 heteroatoms. The predicted octanol–water partition coefficient (Wildman–Crippen LogP) is 3.14. The van der Waals surface area contributed by atoms with Gasteiger partial charge in [0.1, 0.15) is 0 Å². The molecule has 1 aliphatic rings. The molecule has 1 aromatic rings. The minimum absolute atomic E-state index is 0.0710. The van der Waals surface area contributed by atoms with Gasteiger partial charge in [0, 0.05) is 31.5 Å². The van der Waals surface area contributed by atoms with Crippen LogP contribution in [0.1, 0.15) is 64.0 Å². The maximum atomic E-state index is 12.5. The number of likely N-dealkylation sites (tertiary alicyclic amines) is 1. The largest absolute Gasteiger partial charge is 0.481 e. The number of aryl methyl sites for hydroxylation is 1. The van der Waals surface area contributed by atoms with E-state index in [2.05, 4.69) is 24.4 Å². The average Bonchev–Trinajstić information content (AvgIpc) is 2.94. The number of hydrogen-bond donors (Lipinski definition) is 2. The van der Waals surface area contributed by atoms with Crippen LogP contribution in [0.2, 0.25) is 0 Å². The van der Waals surface area contributed by atoms with Crippen molar-refractivity contribution >= 4 is 17.8 Å². The summed E-state index contributed by atoms with van der Waals surface area (Å²) in [7, 11) is 0. The number of carboxylic acid groups (broad SMARTS) is 1. The van der Waals surface area contributed by atoms with E-state index in [9.17, 15) is 14.4 Å². The van der Waals surface area contributed by atoms with E-state index in [0.717, 1.165) is 12.0 Å². The first-order valence-electron chi connectivity index (χ1n) is 10.2. The second kappa shape index (κ2) is 10.2. The van der Waals surface area contributed by atoms with Crippen LogP contribution in [0.25, 0.3) is 0 Å². The van der Waals surface area contributed by atoms with E-state index in [1.165, 1.54) is 5.56 Å². The Labute approximate surface area is 167 Å². The minimum Gasteiger partial charge on any atom is -0.481 e. The molecule has 1 aromatic carbocycles. The van der Waals surface area contributed by atoms with Crippen molar-refractivity contribution < 1.29 is 19.5 Å². The number of nitrogens with zero attached hydrogens (tertiary/aromatic N) is 1. The first kappa shape index (κ1) is 21.9. The fourth-order valence-electron chi connectivity index (χ4n) is 3.77. The third-order valence-corrected chi connectivity index (χ3v) is 5.20. The van der Waals surface area contributed by atoms with Crippen LogP contribution in [-0.2, 0) is 27.3 Å². The zero-order valence-corrected chi connectivity index (χ0v) is 17.1. The second-order valence-electron chi connectivity index (χ2n) is 8.08. The normalized spacial score (nSPS) is 17.8. The Morgan fingerprint density at radius 1 is 1.21 bits per heavy atom. The number of aliphatic carboxylic acids is 1. The van der Waals surface area contributed by atoms with Crippen LogP contribution in [0.15, 0.2) is 24.3 Å². The standard InChI is InChI=1S/C22H32N2O4/c1-4-16-5-7-17(8-6-16)14-24-19(9-10-21(24)26)13-20(25)23-18(11-15(2)3)12-22(27)28/h5-8,15,18-19H,4,9-14H2,1-3H3,(H,23,25)(H,27,28)/t18-,19-/m0/s1. The summed E-state index contributed by atoms with van der Waals surface area (Å²) >= 11 is 0. The van der Waals surface area contributed by atoms with Gasteiger partial charge in [-0.05, 0) is 36.3 Å². The number of hydrogen-bond acceptors (Lipinski definition) is 3. The van der Waals surface area contributed by atoms with Crippen molar-refractivity contribution in [1.82, 2.24) is 10.2 Å². The van der Waals surface area contributed by atoms with E-state index in [1.54, 1.807) is 4.90 Å². The molecule has 0 spiro atoms. The first-order chi connectivity index (χ1) is 13.3. The lowest BCUT2D eigenvalue weighted by molar-refractivity contribution is -0.137. The fourth-order valence-corrected chi connectivity index (χ4v) is 3.77. The molecule has 1 heterocycles. The highest BCUT2D eigenvalue weighted by molar-refractivity contribution is 5.82. The number of carbonyl (C=O) groups excluding carboxylic acids is 2. The monoisotopic (exact) mass is 388 g/mol. The van der Waals surface area contributed by atoms with Crippen LogP contribution < -0.4 is 5.32 Å². The van der Waals surface area contributed by atoms with Crippen molar-refractivity contribution in [2.45, 2.75) is 77.9 Å². The Balaban J connectivity index is 1.96. The Hall–Kier alpha value is -2.37. The van der Waals surface area contributed by atoms with E-state index in [0.29, 0.717) is 31.7 Å². The van der Waals surface area contributed by atoms with Gasteiger partial charge in [0.05, 0.1) is 6.42 Å². The SMILES string of the molecule is CCc1ccc(CN2C(=O)CC[C@H]2CC(=O)N[C@H](CC(=O)O)CC(C)C)cc1. The highest BCUT2D eigenvalue weighted by Crippen LogP contribution is 2.24. The number of carboxylic acids is 1. The third-order valence-electron chi connectivity index (χ3n) is 5.20. The number of carbonyl (C=O) groups is 3. The van der Waals surface area contributed by atoms with Gasteiger partial charge >= 0.3 is 5.97 Å². The summed E-state index contributed by atoms with van der Waals surface area (Å²) in [5.41, 5.74) is 2.31. The molecule has 2 atom stereocenters. The summed E-state index contributed by atoms with van der Waals surface area (Å²) in [5.74, 6) is -0.737. The quantitative estimate of drug-likeness (QED) is 0.645. The van der Waals surface area contributed by atoms with Gasteiger partial charge in [-0.2, -0.15) is 0 Å². The molecule has 2 rings (SSSR count). The van der Waals surface area contributed by atoms with Crippen LogP contribution in [0.4, 0.5) is 0 Å². The minimum atomic E-state index is -0.917. The Morgan fingerprint density at radius 2 is 1.86 bits per heavy atom. The summed E-state index contributed by atoms with van der Waals surface area (Å²) < 4.78 is 0. The number of amides is 2. The molecule has 0 aromatic heterocycles. The lowest BCUT2D eigenvalue weighted by Crippen LogP contribution is -2.41.